The van der Waals surface area contributed by atoms with Crippen molar-refractivity contribution < 1.29 is 4.74 Å². The van der Waals surface area contributed by atoms with E-state index in [4.69, 9.17) is 9.84 Å². The third-order valence-electron chi connectivity index (χ3n) is 4.02. The highest BCUT2D eigenvalue weighted by molar-refractivity contribution is 5.30. The lowest BCUT2D eigenvalue weighted by atomic mass is 9.99. The van der Waals surface area contributed by atoms with Gasteiger partial charge in [-0.05, 0) is 38.6 Å². The smallest absolute Gasteiger partial charge is 0.0672 e. The van der Waals surface area contributed by atoms with E-state index in [2.05, 4.69) is 37.7 Å². The highest BCUT2D eigenvalue weighted by Crippen LogP contribution is 2.26. The van der Waals surface area contributed by atoms with Crippen molar-refractivity contribution in [1.82, 2.24) is 15.1 Å². The van der Waals surface area contributed by atoms with E-state index in [0.717, 1.165) is 51.8 Å². The number of nitrogens with zero attached hydrogens (tertiary/aromatic N) is 2. The number of hydrogen-bond donors (Lipinski definition) is 1. The number of unbranched alkanes of at least 4 members (excludes halogenated alkanes) is 1. The van der Waals surface area contributed by atoms with Gasteiger partial charge in [-0.1, -0.05) is 27.7 Å². The molecule has 0 saturated carbocycles. The molecule has 1 rings (SSSR count). The van der Waals surface area contributed by atoms with Crippen molar-refractivity contribution in [2.75, 3.05) is 20.3 Å². The number of rotatable bonds is 11. The highest BCUT2D eigenvalue weighted by Gasteiger charge is 2.21. The van der Waals surface area contributed by atoms with Crippen molar-refractivity contribution >= 4 is 0 Å². The SMILES string of the molecule is CCNC(CC)c1c(CC)nn(CCCCOC)c1CC. The summed E-state index contributed by atoms with van der Waals surface area (Å²) in [5, 5.41) is 8.50. The van der Waals surface area contributed by atoms with Crippen molar-refractivity contribution in [3.8, 4) is 0 Å². The number of nitrogens with one attached hydrogen (secondary N) is 1. The molecule has 0 amide bonds. The zero-order valence-electron chi connectivity index (χ0n) is 14.5. The Hall–Kier alpha value is -0.870. The fraction of sp³-hybridized carbons (Fsp3) is 0.824. The summed E-state index contributed by atoms with van der Waals surface area (Å²) in [5.74, 6) is 0. The Labute approximate surface area is 130 Å². The molecular weight excluding hydrogens is 262 g/mol. The summed E-state index contributed by atoms with van der Waals surface area (Å²) in [7, 11) is 1.76. The number of aromatic nitrogens is 2. The fourth-order valence-corrected chi connectivity index (χ4v) is 2.99. The van der Waals surface area contributed by atoms with Gasteiger partial charge in [-0.3, -0.25) is 4.68 Å². The minimum Gasteiger partial charge on any atom is -0.385 e. The van der Waals surface area contributed by atoms with Crippen molar-refractivity contribution in [2.24, 2.45) is 0 Å². The Kier molecular flexibility index (Phi) is 8.62. The van der Waals surface area contributed by atoms with Crippen LogP contribution in [0.2, 0.25) is 0 Å². The Morgan fingerprint density at radius 2 is 1.90 bits per heavy atom. The molecule has 0 radical (unpaired) electrons. The van der Waals surface area contributed by atoms with Crippen LogP contribution in [0.15, 0.2) is 0 Å². The molecule has 0 aliphatic heterocycles. The molecule has 4 heteroatoms. The average molecular weight is 295 g/mol. The van der Waals surface area contributed by atoms with Crippen LogP contribution in [0.4, 0.5) is 0 Å². The molecular formula is C17H33N3O. The minimum absolute atomic E-state index is 0.438. The Balaban J connectivity index is 2.96. The van der Waals surface area contributed by atoms with E-state index in [1.165, 1.54) is 17.0 Å². The molecule has 0 aliphatic rings. The van der Waals surface area contributed by atoms with Crippen LogP contribution in [0.5, 0.6) is 0 Å². The van der Waals surface area contributed by atoms with Gasteiger partial charge < -0.3 is 10.1 Å². The summed E-state index contributed by atoms with van der Waals surface area (Å²) in [6, 6.07) is 0.438. The summed E-state index contributed by atoms with van der Waals surface area (Å²) in [5.41, 5.74) is 4.14. The molecule has 1 aromatic heterocycles. The van der Waals surface area contributed by atoms with E-state index < -0.39 is 0 Å². The monoisotopic (exact) mass is 295 g/mol. The number of aryl methyl sites for hydroxylation is 2. The van der Waals surface area contributed by atoms with Gasteiger partial charge >= 0.3 is 0 Å². The second-order valence-corrected chi connectivity index (χ2v) is 5.46. The summed E-state index contributed by atoms with van der Waals surface area (Å²) in [4.78, 5) is 0. The zero-order chi connectivity index (χ0) is 15.7. The summed E-state index contributed by atoms with van der Waals surface area (Å²) >= 11 is 0. The van der Waals surface area contributed by atoms with Crippen LogP contribution in [0.25, 0.3) is 0 Å². The average Bonchev–Trinajstić information content (AvgIpc) is 2.86. The Bertz CT molecular complexity index is 401. The van der Waals surface area contributed by atoms with Crippen molar-refractivity contribution in [3.05, 3.63) is 17.0 Å². The van der Waals surface area contributed by atoms with E-state index in [0.29, 0.717) is 6.04 Å². The maximum atomic E-state index is 5.13. The van der Waals surface area contributed by atoms with Crippen molar-refractivity contribution in [2.45, 2.75) is 72.4 Å². The van der Waals surface area contributed by atoms with Gasteiger partial charge in [0.05, 0.1) is 5.69 Å². The van der Waals surface area contributed by atoms with Crippen LogP contribution in [-0.4, -0.2) is 30.0 Å². The molecule has 1 atom stereocenters. The van der Waals surface area contributed by atoms with Gasteiger partial charge in [0.25, 0.3) is 0 Å². The maximum absolute atomic E-state index is 5.13. The van der Waals surface area contributed by atoms with Crippen molar-refractivity contribution in [1.29, 1.82) is 0 Å². The molecule has 0 aliphatic carbocycles. The van der Waals surface area contributed by atoms with Gasteiger partial charge in [0.2, 0.25) is 0 Å². The lowest BCUT2D eigenvalue weighted by Crippen LogP contribution is -2.22. The predicted molar refractivity (Wildman–Crippen MR) is 88.8 cm³/mol. The van der Waals surface area contributed by atoms with Crippen LogP contribution in [0.1, 0.15) is 70.0 Å². The minimum atomic E-state index is 0.438. The predicted octanol–water partition coefficient (Wildman–Crippen LogP) is 3.50. The lowest BCUT2D eigenvalue weighted by Gasteiger charge is -2.18. The van der Waals surface area contributed by atoms with Crippen LogP contribution in [0.3, 0.4) is 0 Å². The highest BCUT2D eigenvalue weighted by atomic mass is 16.5. The van der Waals surface area contributed by atoms with Gasteiger partial charge in [-0.25, -0.2) is 0 Å². The molecule has 1 unspecified atom stereocenters. The molecule has 122 valence electrons. The second-order valence-electron chi connectivity index (χ2n) is 5.46. The summed E-state index contributed by atoms with van der Waals surface area (Å²) < 4.78 is 7.37. The zero-order valence-corrected chi connectivity index (χ0v) is 14.5. The van der Waals surface area contributed by atoms with Gasteiger partial charge in [0, 0.05) is 37.6 Å². The number of methoxy groups -OCH3 is 1. The molecule has 0 bridgehead atoms. The molecule has 0 spiro atoms. The van der Waals surface area contributed by atoms with E-state index >= 15 is 0 Å². The van der Waals surface area contributed by atoms with Crippen LogP contribution in [-0.2, 0) is 24.1 Å². The number of hydrogen-bond acceptors (Lipinski definition) is 3. The lowest BCUT2D eigenvalue weighted by molar-refractivity contribution is 0.190. The Morgan fingerprint density at radius 1 is 1.14 bits per heavy atom. The van der Waals surface area contributed by atoms with Gasteiger partial charge in [0.15, 0.2) is 0 Å². The summed E-state index contributed by atoms with van der Waals surface area (Å²) in [6.45, 7) is 11.7. The van der Waals surface area contributed by atoms with Crippen LogP contribution >= 0.6 is 0 Å². The fourth-order valence-electron chi connectivity index (χ4n) is 2.99. The third-order valence-corrected chi connectivity index (χ3v) is 4.02. The van der Waals surface area contributed by atoms with Crippen LogP contribution < -0.4 is 5.32 Å². The largest absolute Gasteiger partial charge is 0.385 e. The molecule has 0 saturated heterocycles. The molecule has 1 aromatic rings. The first-order valence-electron chi connectivity index (χ1n) is 8.54. The molecule has 21 heavy (non-hydrogen) atoms. The topological polar surface area (TPSA) is 39.1 Å². The normalized spacial score (nSPS) is 12.8. The van der Waals surface area contributed by atoms with Crippen molar-refractivity contribution in [3.63, 3.8) is 0 Å². The standard InChI is InChI=1S/C17H33N3O/c1-6-14(18-9-4)17-15(7-2)19-20(16(17)8-3)12-10-11-13-21-5/h14,18H,6-13H2,1-5H3. The van der Waals surface area contributed by atoms with Gasteiger partial charge in [-0.15, -0.1) is 0 Å². The van der Waals surface area contributed by atoms with E-state index in [9.17, 15) is 0 Å². The molecule has 1 heterocycles. The van der Waals surface area contributed by atoms with E-state index in [-0.39, 0.29) is 0 Å². The Morgan fingerprint density at radius 3 is 2.43 bits per heavy atom. The summed E-state index contributed by atoms with van der Waals surface area (Å²) in [6.07, 6.45) is 5.40. The molecule has 0 fully saturated rings. The van der Waals surface area contributed by atoms with E-state index in [1.54, 1.807) is 7.11 Å². The van der Waals surface area contributed by atoms with Crippen LogP contribution in [0, 0.1) is 0 Å². The third kappa shape index (κ3) is 4.82. The van der Waals surface area contributed by atoms with Gasteiger partial charge in [0.1, 0.15) is 0 Å². The number of ether oxygens (including phenoxy) is 1. The maximum Gasteiger partial charge on any atom is 0.0672 e. The van der Waals surface area contributed by atoms with E-state index in [1.807, 2.05) is 0 Å². The quantitative estimate of drug-likeness (QED) is 0.635. The van der Waals surface area contributed by atoms with Gasteiger partial charge in [-0.2, -0.15) is 5.10 Å². The molecule has 0 aromatic carbocycles. The first-order valence-corrected chi connectivity index (χ1v) is 8.54. The second kappa shape index (κ2) is 9.96. The first kappa shape index (κ1) is 18.2. The molecule has 4 nitrogen and oxygen atoms in total. The first-order chi connectivity index (χ1) is 10.2. The molecule has 1 N–H and O–H groups in total.